The lowest BCUT2D eigenvalue weighted by atomic mass is 10.2. The van der Waals surface area contributed by atoms with Crippen molar-refractivity contribution in [1.82, 2.24) is 9.97 Å². The van der Waals surface area contributed by atoms with E-state index >= 15 is 0 Å². The SMILES string of the molecule is CCOC(=O)/C(O)=C/c1nccc(OCc2ccccc2)n1. The highest BCUT2D eigenvalue weighted by molar-refractivity contribution is 5.90. The fraction of sp³-hybridized carbons (Fsp3) is 0.188. The molecule has 1 heterocycles. The predicted octanol–water partition coefficient (Wildman–Crippen LogP) is 2.52. The molecule has 22 heavy (non-hydrogen) atoms. The van der Waals surface area contributed by atoms with Crippen LogP contribution in [-0.2, 0) is 16.1 Å². The molecule has 0 saturated heterocycles. The van der Waals surface area contributed by atoms with Gasteiger partial charge in [-0.25, -0.2) is 9.78 Å². The second-order valence-corrected chi connectivity index (χ2v) is 4.28. The zero-order chi connectivity index (χ0) is 15.8. The van der Waals surface area contributed by atoms with E-state index in [4.69, 9.17) is 4.74 Å². The second kappa shape index (κ2) is 7.78. The first-order valence-electron chi connectivity index (χ1n) is 6.76. The zero-order valence-corrected chi connectivity index (χ0v) is 12.1. The van der Waals surface area contributed by atoms with E-state index < -0.39 is 11.7 Å². The highest BCUT2D eigenvalue weighted by Gasteiger charge is 2.09. The van der Waals surface area contributed by atoms with Gasteiger partial charge < -0.3 is 14.6 Å². The van der Waals surface area contributed by atoms with Crippen molar-refractivity contribution in [3.63, 3.8) is 0 Å². The quantitative estimate of drug-likeness (QED) is 0.501. The number of benzene rings is 1. The largest absolute Gasteiger partial charge is 0.502 e. The van der Waals surface area contributed by atoms with Gasteiger partial charge in [-0.2, -0.15) is 4.98 Å². The normalized spacial score (nSPS) is 11.0. The molecule has 2 rings (SSSR count). The number of aromatic nitrogens is 2. The molecule has 0 unspecified atom stereocenters. The highest BCUT2D eigenvalue weighted by atomic mass is 16.5. The van der Waals surface area contributed by atoms with Gasteiger partial charge in [0.25, 0.3) is 0 Å². The first-order chi connectivity index (χ1) is 10.7. The maximum atomic E-state index is 11.3. The maximum Gasteiger partial charge on any atom is 0.373 e. The molecule has 0 atom stereocenters. The van der Waals surface area contributed by atoms with Gasteiger partial charge >= 0.3 is 5.97 Å². The van der Waals surface area contributed by atoms with Crippen LogP contribution >= 0.6 is 0 Å². The number of aliphatic hydroxyl groups excluding tert-OH is 1. The molecule has 114 valence electrons. The molecule has 0 aliphatic carbocycles. The number of hydrogen-bond donors (Lipinski definition) is 1. The first-order valence-corrected chi connectivity index (χ1v) is 6.76. The average molecular weight is 300 g/mol. The summed E-state index contributed by atoms with van der Waals surface area (Å²) in [5.74, 6) is -0.860. The molecule has 0 aliphatic rings. The van der Waals surface area contributed by atoms with E-state index in [-0.39, 0.29) is 12.4 Å². The number of nitrogens with zero attached hydrogens (tertiary/aromatic N) is 2. The Morgan fingerprint density at radius 2 is 2.05 bits per heavy atom. The van der Waals surface area contributed by atoms with Crippen LogP contribution in [0.25, 0.3) is 6.08 Å². The molecule has 0 amide bonds. The van der Waals surface area contributed by atoms with Gasteiger partial charge in [0.1, 0.15) is 6.61 Å². The van der Waals surface area contributed by atoms with Crippen LogP contribution < -0.4 is 4.74 Å². The summed E-state index contributed by atoms with van der Waals surface area (Å²) >= 11 is 0. The molecule has 6 heteroatoms. The predicted molar refractivity (Wildman–Crippen MR) is 80.0 cm³/mol. The van der Waals surface area contributed by atoms with Gasteiger partial charge in [0.2, 0.25) is 11.6 Å². The molecule has 1 aromatic carbocycles. The van der Waals surface area contributed by atoms with E-state index in [0.29, 0.717) is 12.5 Å². The minimum atomic E-state index is -0.818. The minimum absolute atomic E-state index is 0.163. The van der Waals surface area contributed by atoms with Crippen molar-refractivity contribution >= 4 is 12.0 Å². The van der Waals surface area contributed by atoms with Crippen LogP contribution in [0.2, 0.25) is 0 Å². The Morgan fingerprint density at radius 1 is 1.27 bits per heavy atom. The fourth-order valence-electron chi connectivity index (χ4n) is 1.62. The maximum absolute atomic E-state index is 11.3. The van der Waals surface area contributed by atoms with Gasteiger partial charge in [0.05, 0.1) is 6.61 Å². The molecule has 0 spiro atoms. The van der Waals surface area contributed by atoms with Gasteiger partial charge in [-0.1, -0.05) is 30.3 Å². The Kier molecular flexibility index (Phi) is 5.48. The van der Waals surface area contributed by atoms with Crippen LogP contribution in [0.5, 0.6) is 5.88 Å². The highest BCUT2D eigenvalue weighted by Crippen LogP contribution is 2.10. The molecule has 1 N–H and O–H groups in total. The number of carbonyl (C=O) groups excluding carboxylic acids is 1. The van der Waals surface area contributed by atoms with Crippen LogP contribution in [0.15, 0.2) is 48.4 Å². The summed E-state index contributed by atoms with van der Waals surface area (Å²) < 4.78 is 10.2. The molecule has 1 aromatic heterocycles. The van der Waals surface area contributed by atoms with Crippen molar-refractivity contribution < 1.29 is 19.4 Å². The van der Waals surface area contributed by atoms with Crippen molar-refractivity contribution in [2.45, 2.75) is 13.5 Å². The molecule has 0 aliphatic heterocycles. The number of carbonyl (C=O) groups is 1. The number of hydrogen-bond acceptors (Lipinski definition) is 6. The number of ether oxygens (including phenoxy) is 2. The van der Waals surface area contributed by atoms with Crippen molar-refractivity contribution in [3.8, 4) is 5.88 Å². The standard InChI is InChI=1S/C16H16N2O4/c1-2-21-16(20)13(19)10-14-17-9-8-15(18-14)22-11-12-6-4-3-5-7-12/h3-10,19H,2,11H2,1H3/b13-10-. The Balaban J connectivity index is 2.03. The summed E-state index contributed by atoms with van der Waals surface area (Å²) in [6.07, 6.45) is 2.62. The van der Waals surface area contributed by atoms with Gasteiger partial charge in [-0.3, -0.25) is 0 Å². The third kappa shape index (κ3) is 4.59. The van der Waals surface area contributed by atoms with E-state index in [1.807, 2.05) is 30.3 Å². The lowest BCUT2D eigenvalue weighted by molar-refractivity contribution is -0.141. The molecule has 2 aromatic rings. The van der Waals surface area contributed by atoms with E-state index in [1.54, 1.807) is 13.0 Å². The monoisotopic (exact) mass is 300 g/mol. The Labute approximate surface area is 128 Å². The van der Waals surface area contributed by atoms with Crippen molar-refractivity contribution in [3.05, 3.63) is 59.7 Å². The summed E-state index contributed by atoms with van der Waals surface area (Å²) in [6, 6.07) is 11.2. The molecule has 0 saturated carbocycles. The summed E-state index contributed by atoms with van der Waals surface area (Å²) in [7, 11) is 0. The van der Waals surface area contributed by atoms with Crippen LogP contribution in [0, 0.1) is 0 Å². The van der Waals surface area contributed by atoms with Crippen molar-refractivity contribution in [2.24, 2.45) is 0 Å². The lowest BCUT2D eigenvalue weighted by Gasteiger charge is -2.05. The molecule has 6 nitrogen and oxygen atoms in total. The van der Waals surface area contributed by atoms with Crippen LogP contribution in [0.4, 0.5) is 0 Å². The zero-order valence-electron chi connectivity index (χ0n) is 12.1. The molecule has 0 bridgehead atoms. The van der Waals surface area contributed by atoms with Gasteiger partial charge in [-0.15, -0.1) is 0 Å². The van der Waals surface area contributed by atoms with Crippen molar-refractivity contribution in [1.29, 1.82) is 0 Å². The number of rotatable bonds is 6. The van der Waals surface area contributed by atoms with E-state index in [0.717, 1.165) is 11.6 Å². The third-order valence-corrected chi connectivity index (χ3v) is 2.63. The van der Waals surface area contributed by atoms with E-state index in [1.165, 1.54) is 6.20 Å². The molecular weight excluding hydrogens is 284 g/mol. The Bertz CT molecular complexity index is 656. The fourth-order valence-corrected chi connectivity index (χ4v) is 1.62. The summed E-state index contributed by atoms with van der Waals surface area (Å²) in [6.45, 7) is 2.20. The van der Waals surface area contributed by atoms with E-state index in [2.05, 4.69) is 14.7 Å². The third-order valence-electron chi connectivity index (χ3n) is 2.63. The summed E-state index contributed by atoms with van der Waals surface area (Å²) in [4.78, 5) is 19.4. The van der Waals surface area contributed by atoms with E-state index in [9.17, 15) is 9.90 Å². The minimum Gasteiger partial charge on any atom is -0.502 e. The van der Waals surface area contributed by atoms with Crippen LogP contribution in [0.1, 0.15) is 18.3 Å². The van der Waals surface area contributed by atoms with Crippen LogP contribution in [0.3, 0.4) is 0 Å². The molecular formula is C16H16N2O4. The lowest BCUT2D eigenvalue weighted by Crippen LogP contribution is -2.07. The summed E-state index contributed by atoms with van der Waals surface area (Å²) in [5, 5.41) is 9.57. The Hall–Kier alpha value is -2.89. The molecule has 0 radical (unpaired) electrons. The average Bonchev–Trinajstić information content (AvgIpc) is 2.54. The molecule has 0 fully saturated rings. The van der Waals surface area contributed by atoms with Gasteiger partial charge in [0, 0.05) is 18.3 Å². The van der Waals surface area contributed by atoms with Gasteiger partial charge in [0.15, 0.2) is 5.82 Å². The topological polar surface area (TPSA) is 81.5 Å². The second-order valence-electron chi connectivity index (χ2n) is 4.28. The first kappa shape index (κ1) is 15.5. The van der Waals surface area contributed by atoms with Crippen LogP contribution in [-0.4, -0.2) is 27.7 Å². The number of aliphatic hydroxyl groups is 1. The number of esters is 1. The summed E-state index contributed by atoms with van der Waals surface area (Å²) in [5.41, 5.74) is 1.01. The van der Waals surface area contributed by atoms with Gasteiger partial charge in [-0.05, 0) is 12.5 Å². The smallest absolute Gasteiger partial charge is 0.373 e. The Morgan fingerprint density at radius 3 is 2.77 bits per heavy atom. The van der Waals surface area contributed by atoms with Crippen molar-refractivity contribution in [2.75, 3.05) is 6.61 Å².